The van der Waals surface area contributed by atoms with Crippen molar-refractivity contribution in [3.05, 3.63) is 57.8 Å². The van der Waals surface area contributed by atoms with Crippen molar-refractivity contribution >= 4 is 44.9 Å². The fourth-order valence-electron chi connectivity index (χ4n) is 1.43. The number of carbonyl (C=O) groups is 1. The number of rotatable bonds is 2. The van der Waals surface area contributed by atoms with Gasteiger partial charge in [-0.25, -0.2) is 9.18 Å². The second kappa shape index (κ2) is 6.04. The van der Waals surface area contributed by atoms with Crippen LogP contribution in [0.3, 0.4) is 0 Å². The van der Waals surface area contributed by atoms with Crippen LogP contribution in [-0.4, -0.2) is 6.03 Å². The average molecular weight is 344 g/mol. The summed E-state index contributed by atoms with van der Waals surface area (Å²) in [6.07, 6.45) is 0. The van der Waals surface area contributed by atoms with Crippen LogP contribution in [0.4, 0.5) is 20.6 Å². The van der Waals surface area contributed by atoms with E-state index in [2.05, 4.69) is 26.6 Å². The lowest BCUT2D eigenvalue weighted by atomic mass is 10.3. The Morgan fingerprint density at radius 2 is 1.79 bits per heavy atom. The Bertz CT molecular complexity index is 621. The van der Waals surface area contributed by atoms with Crippen molar-refractivity contribution in [2.24, 2.45) is 0 Å². The molecule has 0 aliphatic heterocycles. The smallest absolute Gasteiger partial charge is 0.308 e. The maximum Gasteiger partial charge on any atom is 0.323 e. The van der Waals surface area contributed by atoms with Crippen LogP contribution in [0, 0.1) is 5.82 Å². The quantitative estimate of drug-likeness (QED) is 0.801. The molecule has 2 rings (SSSR count). The lowest BCUT2D eigenvalue weighted by Gasteiger charge is -2.08. The minimum atomic E-state index is -0.469. The first kappa shape index (κ1) is 13.8. The molecule has 0 heterocycles. The zero-order valence-electron chi connectivity index (χ0n) is 9.58. The Labute approximate surface area is 122 Å². The third-order valence-electron chi connectivity index (χ3n) is 2.26. The number of halogens is 3. The van der Waals surface area contributed by atoms with E-state index >= 15 is 0 Å². The van der Waals surface area contributed by atoms with Gasteiger partial charge < -0.3 is 10.6 Å². The van der Waals surface area contributed by atoms with Crippen LogP contribution in [-0.2, 0) is 0 Å². The first-order chi connectivity index (χ1) is 9.04. The number of hydrogen-bond donors (Lipinski definition) is 2. The van der Waals surface area contributed by atoms with Crippen LogP contribution < -0.4 is 10.6 Å². The van der Waals surface area contributed by atoms with Gasteiger partial charge in [0.25, 0.3) is 0 Å². The van der Waals surface area contributed by atoms with Gasteiger partial charge in [-0.05, 0) is 52.3 Å². The molecular weight excluding hydrogens is 335 g/mol. The predicted molar refractivity (Wildman–Crippen MR) is 78.2 cm³/mol. The maximum absolute atomic E-state index is 12.9. The van der Waals surface area contributed by atoms with Crippen LogP contribution in [0.5, 0.6) is 0 Å². The third-order valence-corrected chi connectivity index (χ3v) is 3.49. The molecule has 0 fully saturated rings. The number of nitrogens with one attached hydrogen (secondary N) is 2. The SMILES string of the molecule is O=C(Nc1cccc(F)c1)Nc1ccc(Br)c(Cl)c1. The normalized spacial score (nSPS) is 10.1. The fraction of sp³-hybridized carbons (Fsp3) is 0. The molecule has 0 spiro atoms. The third kappa shape index (κ3) is 3.94. The fourth-order valence-corrected chi connectivity index (χ4v) is 1.86. The van der Waals surface area contributed by atoms with Crippen LogP contribution in [0.1, 0.15) is 0 Å². The zero-order chi connectivity index (χ0) is 13.8. The number of amides is 2. The molecule has 0 aliphatic rings. The van der Waals surface area contributed by atoms with Crippen molar-refractivity contribution in [3.8, 4) is 0 Å². The number of carbonyl (C=O) groups excluding carboxylic acids is 1. The van der Waals surface area contributed by atoms with Gasteiger partial charge in [-0.2, -0.15) is 0 Å². The minimum absolute atomic E-state index is 0.376. The van der Waals surface area contributed by atoms with E-state index < -0.39 is 11.8 Å². The molecule has 98 valence electrons. The molecule has 0 aromatic heterocycles. The Morgan fingerprint density at radius 1 is 1.11 bits per heavy atom. The molecule has 6 heteroatoms. The highest BCUT2D eigenvalue weighted by molar-refractivity contribution is 9.10. The van der Waals surface area contributed by atoms with Crippen LogP contribution in [0.15, 0.2) is 46.9 Å². The van der Waals surface area contributed by atoms with Crippen LogP contribution in [0.2, 0.25) is 5.02 Å². The highest BCUT2D eigenvalue weighted by Crippen LogP contribution is 2.25. The van der Waals surface area contributed by atoms with Gasteiger partial charge in [0.1, 0.15) is 5.82 Å². The van der Waals surface area contributed by atoms with Gasteiger partial charge in [-0.15, -0.1) is 0 Å². The van der Waals surface area contributed by atoms with Crippen LogP contribution in [0.25, 0.3) is 0 Å². The van der Waals surface area contributed by atoms with E-state index in [0.29, 0.717) is 16.4 Å². The zero-order valence-corrected chi connectivity index (χ0v) is 11.9. The van der Waals surface area contributed by atoms with Crippen molar-refractivity contribution in [1.29, 1.82) is 0 Å². The first-order valence-electron chi connectivity index (χ1n) is 5.33. The van der Waals surface area contributed by atoms with Crippen molar-refractivity contribution < 1.29 is 9.18 Å². The van der Waals surface area contributed by atoms with Gasteiger partial charge in [0.2, 0.25) is 0 Å². The molecule has 3 nitrogen and oxygen atoms in total. The molecule has 2 amide bonds. The van der Waals surface area contributed by atoms with E-state index in [0.717, 1.165) is 4.47 Å². The largest absolute Gasteiger partial charge is 0.323 e. The van der Waals surface area contributed by atoms with Gasteiger partial charge in [0.05, 0.1) is 5.02 Å². The lowest BCUT2D eigenvalue weighted by molar-refractivity contribution is 0.262. The van der Waals surface area contributed by atoms with Gasteiger partial charge in [0.15, 0.2) is 0 Å². The molecule has 0 saturated heterocycles. The highest BCUT2D eigenvalue weighted by atomic mass is 79.9. The molecular formula is C13H9BrClFN2O. The molecule has 2 aromatic rings. The standard InChI is InChI=1S/C13H9BrClFN2O/c14-11-5-4-10(7-12(11)15)18-13(19)17-9-3-1-2-8(16)6-9/h1-7H,(H2,17,18,19). The van der Waals surface area contributed by atoms with E-state index in [-0.39, 0.29) is 0 Å². The minimum Gasteiger partial charge on any atom is -0.308 e. The molecule has 0 unspecified atom stereocenters. The number of hydrogen-bond acceptors (Lipinski definition) is 1. The average Bonchev–Trinajstić information content (AvgIpc) is 2.34. The summed E-state index contributed by atoms with van der Waals surface area (Å²) < 4.78 is 13.7. The van der Waals surface area contributed by atoms with Crippen molar-refractivity contribution in [3.63, 3.8) is 0 Å². The molecule has 0 atom stereocenters. The predicted octanol–water partition coefficient (Wildman–Crippen LogP) is 4.89. The van der Waals surface area contributed by atoms with Gasteiger partial charge in [-0.1, -0.05) is 17.7 Å². The Morgan fingerprint density at radius 3 is 2.42 bits per heavy atom. The van der Waals surface area contributed by atoms with Crippen molar-refractivity contribution in [2.45, 2.75) is 0 Å². The highest BCUT2D eigenvalue weighted by Gasteiger charge is 2.05. The molecule has 0 radical (unpaired) electrons. The Balaban J connectivity index is 2.03. The summed E-state index contributed by atoms with van der Waals surface area (Å²) in [6, 6.07) is 10.2. The molecule has 0 bridgehead atoms. The first-order valence-corrected chi connectivity index (χ1v) is 6.50. The molecule has 2 aromatic carbocycles. The van der Waals surface area contributed by atoms with E-state index in [9.17, 15) is 9.18 Å². The van der Waals surface area contributed by atoms with Crippen molar-refractivity contribution in [2.75, 3.05) is 10.6 Å². The lowest BCUT2D eigenvalue weighted by Crippen LogP contribution is -2.19. The number of urea groups is 1. The second-order valence-electron chi connectivity index (χ2n) is 3.72. The monoisotopic (exact) mass is 342 g/mol. The van der Waals surface area contributed by atoms with Gasteiger partial charge in [-0.3, -0.25) is 0 Å². The van der Waals surface area contributed by atoms with Gasteiger partial charge in [0, 0.05) is 15.8 Å². The van der Waals surface area contributed by atoms with E-state index in [1.54, 1.807) is 24.3 Å². The van der Waals surface area contributed by atoms with E-state index in [1.165, 1.54) is 18.2 Å². The Hall–Kier alpha value is -1.59. The molecule has 0 saturated carbocycles. The second-order valence-corrected chi connectivity index (χ2v) is 4.98. The maximum atomic E-state index is 12.9. The summed E-state index contributed by atoms with van der Waals surface area (Å²) in [5.41, 5.74) is 0.919. The molecule has 19 heavy (non-hydrogen) atoms. The summed E-state index contributed by atoms with van der Waals surface area (Å²) in [5.74, 6) is -0.413. The summed E-state index contributed by atoms with van der Waals surface area (Å²) in [4.78, 5) is 11.7. The summed E-state index contributed by atoms with van der Waals surface area (Å²) in [6.45, 7) is 0. The molecule has 2 N–H and O–H groups in total. The summed E-state index contributed by atoms with van der Waals surface area (Å²) in [7, 11) is 0. The van der Waals surface area contributed by atoms with Crippen LogP contribution >= 0.6 is 27.5 Å². The van der Waals surface area contributed by atoms with Gasteiger partial charge >= 0.3 is 6.03 Å². The topological polar surface area (TPSA) is 41.1 Å². The summed E-state index contributed by atoms with van der Waals surface area (Å²) in [5, 5.41) is 5.61. The molecule has 0 aliphatic carbocycles. The van der Waals surface area contributed by atoms with E-state index in [1.807, 2.05) is 0 Å². The number of anilines is 2. The Kier molecular flexibility index (Phi) is 4.39. The summed E-state index contributed by atoms with van der Waals surface area (Å²) >= 11 is 9.17. The van der Waals surface area contributed by atoms with E-state index in [4.69, 9.17) is 11.6 Å². The van der Waals surface area contributed by atoms with Crippen molar-refractivity contribution in [1.82, 2.24) is 0 Å². The number of benzene rings is 2.